The molecule has 1 saturated carbocycles. The maximum atomic E-state index is 13.6. The number of rotatable bonds is 7. The van der Waals surface area contributed by atoms with Crippen LogP contribution >= 0.6 is 11.3 Å². The summed E-state index contributed by atoms with van der Waals surface area (Å²) in [4.78, 5) is 13.0. The number of esters is 1. The Balaban J connectivity index is 1.85. The first-order valence-corrected chi connectivity index (χ1v) is 14.3. The zero-order valence-electron chi connectivity index (χ0n) is 18.2. The molecule has 8 nitrogen and oxygen atoms in total. The third kappa shape index (κ3) is 4.84. The monoisotopic (exact) mass is 516 g/mol. The van der Waals surface area contributed by atoms with Crippen LogP contribution in [0.4, 0.5) is 5.69 Å². The standard InChI is InChI=1S/C23H20N2O6S3/c1-31-23(26)15-5-8-18(14-3-4-14)22(11-15)34(29,30)25-20-12-17(33(2,27)28)7-9-19(20)21-10-6-16(13-24)32-21/h5-12,14,25H,3-4H2,1-2H3. The molecule has 34 heavy (non-hydrogen) atoms. The number of anilines is 1. The van der Waals surface area contributed by atoms with E-state index in [1.807, 2.05) is 6.07 Å². The maximum absolute atomic E-state index is 13.6. The molecule has 1 aromatic heterocycles. The van der Waals surface area contributed by atoms with Crippen molar-refractivity contribution >= 4 is 42.9 Å². The summed E-state index contributed by atoms with van der Waals surface area (Å²) in [6.07, 6.45) is 2.70. The molecule has 1 aliphatic rings. The van der Waals surface area contributed by atoms with Gasteiger partial charge in [-0.05, 0) is 60.7 Å². The summed E-state index contributed by atoms with van der Waals surface area (Å²) in [5.41, 5.74) is 1.16. The second kappa shape index (κ2) is 8.87. The van der Waals surface area contributed by atoms with Crippen molar-refractivity contribution in [1.82, 2.24) is 0 Å². The molecule has 1 fully saturated rings. The first-order valence-electron chi connectivity index (χ1n) is 10.1. The van der Waals surface area contributed by atoms with Gasteiger partial charge in [0.05, 0.1) is 28.2 Å². The highest BCUT2D eigenvalue weighted by Crippen LogP contribution is 2.44. The summed E-state index contributed by atoms with van der Waals surface area (Å²) < 4.78 is 58.7. The van der Waals surface area contributed by atoms with Crippen molar-refractivity contribution in [1.29, 1.82) is 5.26 Å². The molecule has 0 radical (unpaired) electrons. The van der Waals surface area contributed by atoms with Crippen LogP contribution in [0.25, 0.3) is 10.4 Å². The molecule has 11 heteroatoms. The number of hydrogen-bond acceptors (Lipinski definition) is 8. The van der Waals surface area contributed by atoms with E-state index in [1.165, 1.54) is 37.4 Å². The fraction of sp³-hybridized carbons (Fsp3) is 0.217. The molecule has 3 aromatic rings. The van der Waals surface area contributed by atoms with Crippen LogP contribution in [0.3, 0.4) is 0 Å². The minimum absolute atomic E-state index is 0.0551. The largest absolute Gasteiger partial charge is 0.465 e. The summed E-state index contributed by atoms with van der Waals surface area (Å²) in [5, 5.41) is 9.16. The number of thiophene rings is 1. The Morgan fingerprint density at radius 1 is 1.09 bits per heavy atom. The Morgan fingerprint density at radius 3 is 2.41 bits per heavy atom. The summed E-state index contributed by atoms with van der Waals surface area (Å²) in [5.74, 6) is -0.600. The van der Waals surface area contributed by atoms with Gasteiger partial charge in [-0.2, -0.15) is 5.26 Å². The quantitative estimate of drug-likeness (QED) is 0.467. The van der Waals surface area contributed by atoms with Gasteiger partial charge in [0, 0.05) is 16.7 Å². The number of carbonyl (C=O) groups excluding carboxylic acids is 1. The van der Waals surface area contributed by atoms with E-state index >= 15 is 0 Å². The molecule has 0 spiro atoms. The molecule has 1 aliphatic carbocycles. The molecular formula is C23H20N2O6S3. The van der Waals surface area contributed by atoms with E-state index in [1.54, 1.807) is 18.2 Å². The minimum Gasteiger partial charge on any atom is -0.465 e. The molecule has 0 unspecified atom stereocenters. The lowest BCUT2D eigenvalue weighted by molar-refractivity contribution is 0.0600. The predicted molar refractivity (Wildman–Crippen MR) is 128 cm³/mol. The fourth-order valence-electron chi connectivity index (χ4n) is 3.54. The van der Waals surface area contributed by atoms with Gasteiger partial charge in [0.2, 0.25) is 0 Å². The zero-order chi connectivity index (χ0) is 24.7. The van der Waals surface area contributed by atoms with Gasteiger partial charge < -0.3 is 4.74 Å². The first kappa shape index (κ1) is 23.9. The van der Waals surface area contributed by atoms with E-state index in [9.17, 15) is 21.6 Å². The molecule has 176 valence electrons. The van der Waals surface area contributed by atoms with Crippen molar-refractivity contribution in [2.75, 3.05) is 18.1 Å². The average Bonchev–Trinajstić information content (AvgIpc) is 3.54. The van der Waals surface area contributed by atoms with E-state index < -0.39 is 25.8 Å². The molecule has 1 heterocycles. The summed E-state index contributed by atoms with van der Waals surface area (Å²) >= 11 is 1.16. The second-order valence-corrected chi connectivity index (χ2v) is 12.6. The second-order valence-electron chi connectivity index (χ2n) is 7.88. The van der Waals surface area contributed by atoms with E-state index in [-0.39, 0.29) is 27.0 Å². The number of carbonyl (C=O) groups is 1. The van der Waals surface area contributed by atoms with Crippen LogP contribution in [0, 0.1) is 11.3 Å². The van der Waals surface area contributed by atoms with Gasteiger partial charge >= 0.3 is 5.97 Å². The Labute approximate surface area is 201 Å². The Morgan fingerprint density at radius 2 is 1.82 bits per heavy atom. The van der Waals surface area contributed by atoms with Crippen molar-refractivity contribution in [3.05, 3.63) is 64.5 Å². The zero-order valence-corrected chi connectivity index (χ0v) is 20.7. The third-order valence-electron chi connectivity index (χ3n) is 5.39. The van der Waals surface area contributed by atoms with Crippen molar-refractivity contribution in [3.8, 4) is 16.5 Å². The van der Waals surface area contributed by atoms with Crippen LogP contribution in [0.5, 0.6) is 0 Å². The number of methoxy groups -OCH3 is 1. The van der Waals surface area contributed by atoms with E-state index in [4.69, 9.17) is 10.00 Å². The lowest BCUT2D eigenvalue weighted by atomic mass is 10.1. The highest BCUT2D eigenvalue weighted by atomic mass is 32.2. The number of nitrogens with zero attached hydrogens (tertiary/aromatic N) is 1. The molecule has 0 saturated heterocycles. The van der Waals surface area contributed by atoms with Crippen LogP contribution in [-0.2, 0) is 24.6 Å². The lowest BCUT2D eigenvalue weighted by Crippen LogP contribution is -2.17. The highest BCUT2D eigenvalue weighted by molar-refractivity contribution is 7.92. The molecule has 0 amide bonds. The highest BCUT2D eigenvalue weighted by Gasteiger charge is 2.32. The number of nitriles is 1. The Hall–Kier alpha value is -3.20. The number of benzene rings is 2. The van der Waals surface area contributed by atoms with Crippen molar-refractivity contribution in [2.45, 2.75) is 28.6 Å². The fourth-order valence-corrected chi connectivity index (χ4v) is 6.42. The van der Waals surface area contributed by atoms with Crippen molar-refractivity contribution in [3.63, 3.8) is 0 Å². The van der Waals surface area contributed by atoms with Gasteiger partial charge in [-0.15, -0.1) is 11.3 Å². The third-order valence-corrected chi connectivity index (χ3v) is 8.94. The molecule has 0 aliphatic heterocycles. The first-order chi connectivity index (χ1) is 16.0. The van der Waals surface area contributed by atoms with Gasteiger partial charge in [0.25, 0.3) is 10.0 Å². The number of nitrogens with one attached hydrogen (secondary N) is 1. The molecule has 1 N–H and O–H groups in total. The molecule has 0 bridgehead atoms. The maximum Gasteiger partial charge on any atom is 0.337 e. The minimum atomic E-state index is -4.22. The van der Waals surface area contributed by atoms with Gasteiger partial charge in [-0.1, -0.05) is 12.1 Å². The average molecular weight is 517 g/mol. The number of sulfonamides is 1. The number of sulfone groups is 1. The van der Waals surface area contributed by atoms with Crippen LogP contribution in [0.2, 0.25) is 0 Å². The number of ether oxygens (including phenoxy) is 1. The van der Waals surface area contributed by atoms with Crippen LogP contribution < -0.4 is 4.72 Å². The molecule has 0 atom stereocenters. The topological polar surface area (TPSA) is 130 Å². The molecular weight excluding hydrogens is 496 g/mol. The number of hydrogen-bond donors (Lipinski definition) is 1. The van der Waals surface area contributed by atoms with Gasteiger partial charge in [0.1, 0.15) is 10.9 Å². The van der Waals surface area contributed by atoms with E-state index in [0.29, 0.717) is 20.9 Å². The van der Waals surface area contributed by atoms with Crippen LogP contribution in [-0.4, -0.2) is 36.2 Å². The van der Waals surface area contributed by atoms with Gasteiger partial charge in [0.15, 0.2) is 9.84 Å². The smallest absolute Gasteiger partial charge is 0.337 e. The van der Waals surface area contributed by atoms with Crippen molar-refractivity contribution < 1.29 is 26.4 Å². The summed E-state index contributed by atoms with van der Waals surface area (Å²) in [6, 6.07) is 13.9. The van der Waals surface area contributed by atoms with E-state index in [0.717, 1.165) is 30.4 Å². The van der Waals surface area contributed by atoms with E-state index in [2.05, 4.69) is 4.72 Å². The van der Waals surface area contributed by atoms with Gasteiger partial charge in [-0.25, -0.2) is 21.6 Å². The lowest BCUT2D eigenvalue weighted by Gasteiger charge is -2.16. The van der Waals surface area contributed by atoms with Gasteiger partial charge in [-0.3, -0.25) is 4.72 Å². The molecule has 2 aromatic carbocycles. The van der Waals surface area contributed by atoms with Crippen molar-refractivity contribution in [2.24, 2.45) is 0 Å². The van der Waals surface area contributed by atoms with Crippen LogP contribution in [0.1, 0.15) is 39.6 Å². The predicted octanol–water partition coefficient (Wildman–Crippen LogP) is 4.16. The SMILES string of the molecule is COC(=O)c1ccc(C2CC2)c(S(=O)(=O)Nc2cc(S(C)(=O)=O)ccc2-c2ccc(C#N)s2)c1. The Bertz CT molecular complexity index is 1550. The normalized spacial score (nSPS) is 13.8. The summed E-state index contributed by atoms with van der Waals surface area (Å²) in [6.45, 7) is 0. The molecule has 4 rings (SSSR count). The summed E-state index contributed by atoms with van der Waals surface area (Å²) in [7, 11) is -6.63. The Kier molecular flexibility index (Phi) is 6.24. The van der Waals surface area contributed by atoms with Crippen LogP contribution in [0.15, 0.2) is 58.3 Å².